The molecule has 5 nitrogen and oxygen atoms in total. The molecule has 0 aromatic carbocycles. The molecule has 1 N–H and O–H groups in total. The molecule has 2 unspecified atom stereocenters. The first kappa shape index (κ1) is 14.2. The highest BCUT2D eigenvalue weighted by molar-refractivity contribution is 7.15. The quantitative estimate of drug-likeness (QED) is 0.945. The fourth-order valence-corrected chi connectivity index (χ4v) is 4.16. The van der Waals surface area contributed by atoms with Gasteiger partial charge in [0.05, 0.1) is 12.0 Å². The summed E-state index contributed by atoms with van der Waals surface area (Å²) in [6.07, 6.45) is 1.97. The van der Waals surface area contributed by atoms with Crippen LogP contribution in [0.25, 0.3) is 0 Å². The van der Waals surface area contributed by atoms with Crippen LogP contribution < -0.4 is 5.32 Å². The Labute approximate surface area is 130 Å². The SMILES string of the molecule is Cc1cnc(NC(=O)C2CC(=O)N(C)C2c2cccs2)s1. The van der Waals surface area contributed by atoms with Crippen molar-refractivity contribution < 1.29 is 9.59 Å². The minimum atomic E-state index is -0.370. The van der Waals surface area contributed by atoms with E-state index in [1.54, 1.807) is 29.5 Å². The summed E-state index contributed by atoms with van der Waals surface area (Å²) < 4.78 is 0. The number of carbonyl (C=O) groups excluding carboxylic acids is 2. The molecule has 110 valence electrons. The van der Waals surface area contributed by atoms with Crippen LogP contribution in [-0.2, 0) is 9.59 Å². The second kappa shape index (κ2) is 5.57. The lowest BCUT2D eigenvalue weighted by Crippen LogP contribution is -2.29. The van der Waals surface area contributed by atoms with Crippen molar-refractivity contribution in [2.75, 3.05) is 12.4 Å². The number of nitrogens with zero attached hydrogens (tertiary/aromatic N) is 2. The molecule has 1 aliphatic rings. The molecular formula is C14H15N3O2S2. The molecule has 1 aliphatic heterocycles. The summed E-state index contributed by atoms with van der Waals surface area (Å²) in [5, 5.41) is 5.38. The van der Waals surface area contributed by atoms with Gasteiger partial charge in [-0.1, -0.05) is 6.07 Å². The first-order chi connectivity index (χ1) is 10.1. The van der Waals surface area contributed by atoms with Crippen molar-refractivity contribution in [3.05, 3.63) is 33.5 Å². The normalized spacial score (nSPS) is 21.8. The molecular weight excluding hydrogens is 306 g/mol. The molecule has 1 fully saturated rings. The molecule has 0 radical (unpaired) electrons. The van der Waals surface area contributed by atoms with Crippen molar-refractivity contribution >= 4 is 39.6 Å². The average molecular weight is 321 g/mol. The largest absolute Gasteiger partial charge is 0.337 e. The Morgan fingerprint density at radius 3 is 2.95 bits per heavy atom. The maximum absolute atomic E-state index is 12.5. The molecule has 2 amide bonds. The summed E-state index contributed by atoms with van der Waals surface area (Å²) in [4.78, 5) is 32.4. The number of thiophene rings is 1. The second-order valence-electron chi connectivity index (χ2n) is 5.04. The highest BCUT2D eigenvalue weighted by Gasteiger charge is 2.43. The standard InChI is InChI=1S/C14H15N3O2S2/c1-8-7-15-14(21-8)16-13(19)9-6-11(18)17(2)12(9)10-4-3-5-20-10/h3-5,7,9,12H,6H2,1-2H3,(H,15,16,19). The zero-order chi connectivity index (χ0) is 15.0. The van der Waals surface area contributed by atoms with E-state index in [2.05, 4.69) is 10.3 Å². The Kier molecular flexibility index (Phi) is 3.77. The number of aryl methyl sites for hydroxylation is 1. The number of nitrogens with one attached hydrogen (secondary N) is 1. The predicted octanol–water partition coefficient (Wildman–Crippen LogP) is 2.67. The number of anilines is 1. The molecule has 0 aliphatic carbocycles. The maximum Gasteiger partial charge on any atom is 0.232 e. The highest BCUT2D eigenvalue weighted by Crippen LogP contribution is 2.39. The van der Waals surface area contributed by atoms with Crippen LogP contribution in [0.2, 0.25) is 0 Å². The Morgan fingerprint density at radius 2 is 2.33 bits per heavy atom. The number of amides is 2. The fraction of sp³-hybridized carbons (Fsp3) is 0.357. The van der Waals surface area contributed by atoms with E-state index in [-0.39, 0.29) is 30.2 Å². The summed E-state index contributed by atoms with van der Waals surface area (Å²) in [5.41, 5.74) is 0. The van der Waals surface area contributed by atoms with E-state index < -0.39 is 0 Å². The van der Waals surface area contributed by atoms with Gasteiger partial charge in [0, 0.05) is 29.4 Å². The lowest BCUT2D eigenvalue weighted by atomic mass is 9.98. The van der Waals surface area contributed by atoms with Gasteiger partial charge in [-0.2, -0.15) is 0 Å². The Hall–Kier alpha value is -1.73. The lowest BCUT2D eigenvalue weighted by molar-refractivity contribution is -0.127. The molecule has 7 heteroatoms. The van der Waals surface area contributed by atoms with Gasteiger partial charge in [0.1, 0.15) is 0 Å². The third-order valence-corrected chi connectivity index (χ3v) is 5.38. The topological polar surface area (TPSA) is 62.3 Å². The monoisotopic (exact) mass is 321 g/mol. The molecule has 3 heterocycles. The summed E-state index contributed by atoms with van der Waals surface area (Å²) in [5.74, 6) is -0.505. The molecule has 0 bridgehead atoms. The van der Waals surface area contributed by atoms with Crippen LogP contribution in [0.4, 0.5) is 5.13 Å². The van der Waals surface area contributed by atoms with Crippen LogP contribution in [-0.4, -0.2) is 28.7 Å². The number of carbonyl (C=O) groups is 2. The third-order valence-electron chi connectivity index (χ3n) is 3.61. The van der Waals surface area contributed by atoms with Gasteiger partial charge in [0.25, 0.3) is 0 Å². The number of rotatable bonds is 3. The van der Waals surface area contributed by atoms with Crippen LogP contribution in [0.3, 0.4) is 0 Å². The lowest BCUT2D eigenvalue weighted by Gasteiger charge is -2.23. The minimum absolute atomic E-state index is 0.00358. The van der Waals surface area contributed by atoms with Crippen LogP contribution in [0.5, 0.6) is 0 Å². The molecule has 2 atom stereocenters. The second-order valence-corrected chi connectivity index (χ2v) is 7.25. The van der Waals surface area contributed by atoms with Gasteiger partial charge in [-0.3, -0.25) is 9.59 Å². The van der Waals surface area contributed by atoms with Crippen molar-refractivity contribution in [2.24, 2.45) is 5.92 Å². The average Bonchev–Trinajstić information content (AvgIpc) is 3.14. The van der Waals surface area contributed by atoms with E-state index in [1.165, 1.54) is 11.3 Å². The van der Waals surface area contributed by atoms with E-state index in [1.807, 2.05) is 24.4 Å². The van der Waals surface area contributed by atoms with Crippen molar-refractivity contribution in [2.45, 2.75) is 19.4 Å². The highest BCUT2D eigenvalue weighted by atomic mass is 32.1. The number of likely N-dealkylation sites (tertiary alicyclic amines) is 1. The molecule has 1 saturated heterocycles. The minimum Gasteiger partial charge on any atom is -0.337 e. The molecule has 0 spiro atoms. The number of hydrogen-bond donors (Lipinski definition) is 1. The zero-order valence-electron chi connectivity index (χ0n) is 11.7. The number of hydrogen-bond acceptors (Lipinski definition) is 5. The van der Waals surface area contributed by atoms with Gasteiger partial charge in [-0.25, -0.2) is 4.98 Å². The van der Waals surface area contributed by atoms with Gasteiger partial charge < -0.3 is 10.2 Å². The van der Waals surface area contributed by atoms with Crippen LogP contribution in [0, 0.1) is 12.8 Å². The molecule has 0 saturated carbocycles. The maximum atomic E-state index is 12.5. The summed E-state index contributed by atoms with van der Waals surface area (Å²) in [6.45, 7) is 1.94. The molecule has 3 rings (SSSR count). The van der Waals surface area contributed by atoms with Gasteiger partial charge in [0.15, 0.2) is 5.13 Å². The van der Waals surface area contributed by atoms with Crippen LogP contribution in [0.1, 0.15) is 22.2 Å². The van der Waals surface area contributed by atoms with Crippen molar-refractivity contribution in [1.29, 1.82) is 0 Å². The van der Waals surface area contributed by atoms with Crippen molar-refractivity contribution in [3.8, 4) is 0 Å². The number of aromatic nitrogens is 1. The zero-order valence-corrected chi connectivity index (χ0v) is 13.3. The van der Waals surface area contributed by atoms with Gasteiger partial charge in [-0.15, -0.1) is 22.7 Å². The molecule has 2 aromatic heterocycles. The van der Waals surface area contributed by atoms with Gasteiger partial charge >= 0.3 is 0 Å². The van der Waals surface area contributed by atoms with E-state index >= 15 is 0 Å². The number of thiazole rings is 1. The van der Waals surface area contributed by atoms with Crippen molar-refractivity contribution in [1.82, 2.24) is 9.88 Å². The van der Waals surface area contributed by atoms with Crippen LogP contribution in [0.15, 0.2) is 23.7 Å². The Morgan fingerprint density at radius 1 is 1.52 bits per heavy atom. The summed E-state index contributed by atoms with van der Waals surface area (Å²) >= 11 is 3.01. The van der Waals surface area contributed by atoms with Crippen LogP contribution >= 0.6 is 22.7 Å². The van der Waals surface area contributed by atoms with E-state index in [0.717, 1.165) is 9.75 Å². The first-order valence-electron chi connectivity index (χ1n) is 6.58. The third kappa shape index (κ3) is 2.71. The summed E-state index contributed by atoms with van der Waals surface area (Å²) in [7, 11) is 1.76. The first-order valence-corrected chi connectivity index (χ1v) is 8.28. The molecule has 2 aromatic rings. The smallest absolute Gasteiger partial charge is 0.232 e. The Balaban J connectivity index is 1.82. The van der Waals surface area contributed by atoms with E-state index in [4.69, 9.17) is 0 Å². The van der Waals surface area contributed by atoms with E-state index in [0.29, 0.717) is 5.13 Å². The molecule has 21 heavy (non-hydrogen) atoms. The summed E-state index contributed by atoms with van der Waals surface area (Å²) in [6, 6.07) is 3.73. The van der Waals surface area contributed by atoms with Gasteiger partial charge in [-0.05, 0) is 18.4 Å². The van der Waals surface area contributed by atoms with E-state index in [9.17, 15) is 9.59 Å². The Bertz CT molecular complexity index is 666. The predicted molar refractivity (Wildman–Crippen MR) is 83.4 cm³/mol. The fourth-order valence-electron chi connectivity index (χ4n) is 2.56. The van der Waals surface area contributed by atoms with Gasteiger partial charge in [0.2, 0.25) is 11.8 Å². The van der Waals surface area contributed by atoms with Crippen molar-refractivity contribution in [3.63, 3.8) is 0 Å².